The highest BCUT2D eigenvalue weighted by Gasteiger charge is 2.20. The van der Waals surface area contributed by atoms with Crippen LogP contribution in [0.3, 0.4) is 0 Å². The minimum absolute atomic E-state index is 0.0355. The third kappa shape index (κ3) is 52.7. The second kappa shape index (κ2) is 67.7. The van der Waals surface area contributed by atoms with Gasteiger partial charge in [-0.25, -0.2) is 4.98 Å². The quantitative estimate of drug-likeness (QED) is 0.0274. The van der Waals surface area contributed by atoms with Crippen molar-refractivity contribution < 1.29 is 52.5 Å². The summed E-state index contributed by atoms with van der Waals surface area (Å²) < 4.78 is 23.2. The minimum atomic E-state index is -0.376. The fourth-order valence-electron chi connectivity index (χ4n) is 13.8. The lowest BCUT2D eigenvalue weighted by Gasteiger charge is -2.22. The number of ether oxygens (including phenoxy) is 4. The molecule has 0 fully saturated rings. The van der Waals surface area contributed by atoms with E-state index in [0.29, 0.717) is 51.7 Å². The summed E-state index contributed by atoms with van der Waals surface area (Å²) in [6, 6.07) is 4.76. The highest BCUT2D eigenvalue weighted by molar-refractivity contribution is 6.04. The number of unbranched alkanes of at least 4 members (excludes halogenated alkanes) is 28. The number of aromatic nitrogens is 2. The number of aromatic amines is 1. The molecule has 0 saturated carbocycles. The van der Waals surface area contributed by atoms with Crippen molar-refractivity contribution in [3.05, 3.63) is 53.1 Å². The number of carbonyl (C=O) groups excluding carboxylic acids is 7. The summed E-state index contributed by atoms with van der Waals surface area (Å²) in [5.74, 6) is -1.30. The van der Waals surface area contributed by atoms with Crippen LogP contribution in [0.4, 0.5) is 0 Å². The van der Waals surface area contributed by atoms with Crippen molar-refractivity contribution in [2.75, 3.05) is 58.9 Å². The molecule has 106 heavy (non-hydrogen) atoms. The molecule has 1 aromatic heterocycles. The molecule has 0 aliphatic carbocycles. The van der Waals surface area contributed by atoms with Gasteiger partial charge in [0, 0.05) is 74.6 Å². The van der Waals surface area contributed by atoms with E-state index >= 15 is 0 Å². The Balaban J connectivity index is 2.09. The Bertz CT molecular complexity index is 2260. The number of imidazole rings is 1. The van der Waals surface area contributed by atoms with Crippen LogP contribution in [-0.4, -0.2) is 145 Å². The van der Waals surface area contributed by atoms with E-state index in [-0.39, 0.29) is 82.7 Å². The van der Waals surface area contributed by atoms with Gasteiger partial charge in [-0.2, -0.15) is 0 Å². The molecule has 0 bridgehead atoms. The zero-order valence-electron chi connectivity index (χ0n) is 69.0. The number of nitrogens with one attached hydrogen (secondary N) is 4. The van der Waals surface area contributed by atoms with Gasteiger partial charge >= 0.3 is 23.9 Å². The zero-order chi connectivity index (χ0) is 77.1. The van der Waals surface area contributed by atoms with E-state index in [4.69, 9.17) is 18.9 Å². The smallest absolute Gasteiger partial charge is 0.306 e. The summed E-state index contributed by atoms with van der Waals surface area (Å²) in [4.78, 5) is 105. The number of nitrogens with zero attached hydrogens (tertiary/aromatic N) is 3. The molecule has 0 radical (unpaired) electrons. The van der Waals surface area contributed by atoms with Crippen molar-refractivity contribution in [2.45, 2.75) is 407 Å². The fourth-order valence-corrected chi connectivity index (χ4v) is 13.8. The molecule has 0 spiro atoms. The predicted molar refractivity (Wildman–Crippen MR) is 434 cm³/mol. The Kier molecular flexibility index (Phi) is 61.8. The molecular formula is C88H157N7O11. The lowest BCUT2D eigenvalue weighted by atomic mass is 10.0. The highest BCUT2D eigenvalue weighted by atomic mass is 16.6. The molecular weight excluding hydrogens is 1330 g/mol. The van der Waals surface area contributed by atoms with E-state index in [1.54, 1.807) is 30.7 Å². The topological polar surface area (TPSA) is 228 Å². The SMILES string of the molecule is CCCCCC(CC)OC(=O)CCCCCCCCN(CCCCCCCCC(=O)OC(CC)CCCCC)CCCNC(=O)c1cc(C(=O)NCCCN(CCCCCCCCC(=O)OC(CC)CCCCC)CCCCCCCCC(=O)OC(CC)CCCCC)cc(C(=O)NCCc2c[nH]cn2)c1. The monoisotopic (exact) mass is 1490 g/mol. The van der Waals surface area contributed by atoms with Crippen molar-refractivity contribution in [3.63, 3.8) is 0 Å². The van der Waals surface area contributed by atoms with Crippen molar-refractivity contribution in [1.29, 1.82) is 0 Å². The number of rotatable bonds is 74. The summed E-state index contributed by atoms with van der Waals surface area (Å²) in [6.07, 6.45) is 53.6. The number of hydrogen-bond acceptors (Lipinski definition) is 14. The van der Waals surface area contributed by atoms with Crippen LogP contribution >= 0.6 is 0 Å². The summed E-state index contributed by atoms with van der Waals surface area (Å²) in [5, 5.41) is 9.22. The molecule has 1 aromatic carbocycles. The van der Waals surface area contributed by atoms with Crippen LogP contribution in [0.15, 0.2) is 30.7 Å². The molecule has 2 aromatic rings. The molecule has 18 heteroatoms. The van der Waals surface area contributed by atoms with Gasteiger partial charge in [0.15, 0.2) is 0 Å². The van der Waals surface area contributed by atoms with Crippen molar-refractivity contribution in [2.24, 2.45) is 0 Å². The number of carbonyl (C=O) groups is 7. The van der Waals surface area contributed by atoms with E-state index in [1.165, 1.54) is 25.7 Å². The first-order valence-corrected chi connectivity index (χ1v) is 43.9. The number of H-pyrrole nitrogens is 1. The average Bonchev–Trinajstić information content (AvgIpc) is 0.845. The minimum Gasteiger partial charge on any atom is -0.462 e. The van der Waals surface area contributed by atoms with Gasteiger partial charge < -0.3 is 49.7 Å². The van der Waals surface area contributed by atoms with Crippen LogP contribution < -0.4 is 16.0 Å². The third-order valence-corrected chi connectivity index (χ3v) is 20.8. The van der Waals surface area contributed by atoms with Gasteiger partial charge in [-0.3, -0.25) is 33.6 Å². The van der Waals surface area contributed by atoms with Crippen LogP contribution in [0.5, 0.6) is 0 Å². The lowest BCUT2D eigenvalue weighted by molar-refractivity contribution is -0.150. The highest BCUT2D eigenvalue weighted by Crippen LogP contribution is 2.21. The van der Waals surface area contributed by atoms with Gasteiger partial charge in [0.1, 0.15) is 24.4 Å². The predicted octanol–water partition coefficient (Wildman–Crippen LogP) is 20.8. The van der Waals surface area contributed by atoms with Gasteiger partial charge in [-0.15, -0.1) is 0 Å². The standard InChI is InChI=1S/C88H157N7O11/c1-9-17-37-51-78(13-5)103-82(96)55-41-29-21-25-33-45-63-94(64-46-34-26-22-30-42-56-83(97)104-79(14-6)52-38-18-10-2)67-49-60-90-86(100)74-69-75(71-76(70-74)88(102)92-62-59-77-72-89-73-93-77)87(101)91-61-50-68-95(65-47-35-27-23-31-43-57-84(98)105-80(15-7)53-39-19-11-3)66-48-36-28-24-32-44-58-85(99)106-81(16-8)54-40-20-12-4/h69-73,78-81H,9-68H2,1-8H3,(H,89,93)(H,90,100)(H,91,101)(H,92,102). The summed E-state index contributed by atoms with van der Waals surface area (Å²) >= 11 is 0. The third-order valence-electron chi connectivity index (χ3n) is 20.8. The Hall–Kier alpha value is -5.36. The molecule has 0 aliphatic rings. The molecule has 4 atom stereocenters. The van der Waals surface area contributed by atoms with E-state index in [9.17, 15) is 33.6 Å². The second-order valence-electron chi connectivity index (χ2n) is 30.3. The van der Waals surface area contributed by atoms with Crippen LogP contribution in [0.25, 0.3) is 0 Å². The molecule has 2 rings (SSSR count). The summed E-state index contributed by atoms with van der Waals surface area (Å²) in [5.41, 5.74) is 1.56. The largest absolute Gasteiger partial charge is 0.462 e. The van der Waals surface area contributed by atoms with Crippen LogP contribution in [0, 0.1) is 0 Å². The van der Waals surface area contributed by atoms with E-state index < -0.39 is 0 Å². The Morgan fingerprint density at radius 2 is 0.585 bits per heavy atom. The summed E-state index contributed by atoms with van der Waals surface area (Å²) in [7, 11) is 0. The lowest BCUT2D eigenvalue weighted by Crippen LogP contribution is -2.33. The van der Waals surface area contributed by atoms with E-state index in [0.717, 1.165) is 315 Å². The number of esters is 4. The van der Waals surface area contributed by atoms with Crippen LogP contribution in [-0.2, 0) is 44.5 Å². The van der Waals surface area contributed by atoms with Crippen LogP contribution in [0.2, 0.25) is 0 Å². The van der Waals surface area contributed by atoms with Gasteiger partial charge in [0.2, 0.25) is 0 Å². The van der Waals surface area contributed by atoms with Crippen molar-refractivity contribution in [1.82, 2.24) is 35.7 Å². The first kappa shape index (κ1) is 96.7. The zero-order valence-corrected chi connectivity index (χ0v) is 69.0. The van der Waals surface area contributed by atoms with Crippen molar-refractivity contribution in [3.8, 4) is 0 Å². The maximum atomic E-state index is 14.1. The van der Waals surface area contributed by atoms with E-state index in [1.807, 2.05) is 0 Å². The van der Waals surface area contributed by atoms with Gasteiger partial charge in [-0.05, 0) is 199 Å². The normalized spacial score (nSPS) is 12.6. The Morgan fingerprint density at radius 1 is 0.330 bits per heavy atom. The molecule has 3 amide bonds. The first-order valence-electron chi connectivity index (χ1n) is 43.9. The summed E-state index contributed by atoms with van der Waals surface area (Å²) in [6.45, 7) is 23.9. The maximum Gasteiger partial charge on any atom is 0.306 e. The molecule has 0 saturated heterocycles. The Labute approximate surface area is 646 Å². The van der Waals surface area contributed by atoms with Crippen LogP contribution in [0.1, 0.15) is 413 Å². The number of benzene rings is 1. The van der Waals surface area contributed by atoms with Gasteiger partial charge in [0.25, 0.3) is 17.7 Å². The second-order valence-corrected chi connectivity index (χ2v) is 30.3. The molecule has 0 aliphatic heterocycles. The van der Waals surface area contributed by atoms with Gasteiger partial charge in [-0.1, -0.05) is 209 Å². The maximum absolute atomic E-state index is 14.1. The average molecular weight is 1490 g/mol. The molecule has 4 N–H and O–H groups in total. The number of hydrogen-bond donors (Lipinski definition) is 4. The molecule has 4 unspecified atom stereocenters. The molecule has 610 valence electrons. The number of amides is 3. The molecule has 1 heterocycles. The van der Waals surface area contributed by atoms with Gasteiger partial charge in [0.05, 0.1) is 12.0 Å². The fraction of sp³-hybridized carbons (Fsp3) is 0.818. The molecule has 18 nitrogen and oxygen atoms in total. The van der Waals surface area contributed by atoms with Crippen molar-refractivity contribution >= 4 is 41.6 Å². The Morgan fingerprint density at radius 3 is 0.840 bits per heavy atom. The first-order chi connectivity index (χ1) is 51.7. The van der Waals surface area contributed by atoms with E-state index in [2.05, 4.69) is 91.1 Å².